The average Bonchev–Trinajstić information content (AvgIpc) is 3.32. The van der Waals surface area contributed by atoms with Gasteiger partial charge in [-0.25, -0.2) is 0 Å². The fourth-order valence-electron chi connectivity index (χ4n) is 4.34. The minimum absolute atomic E-state index is 0.128. The standard InChI is InChI=1S/C27H28N6OS/c1-20-6-5-8-23(18-20)31-14-16-32(17-15-31)25(34)19-35-27-30-29-26(22-10-12-28-13-11-22)33(27)24-9-4-3-7-21(24)2/h3-13,18H,14-17,19H2,1-2H3. The first-order valence-corrected chi connectivity index (χ1v) is 12.7. The molecule has 0 atom stereocenters. The molecule has 0 bridgehead atoms. The molecule has 7 nitrogen and oxygen atoms in total. The number of nitrogens with zero attached hydrogens (tertiary/aromatic N) is 6. The average molecular weight is 485 g/mol. The van der Waals surface area contributed by atoms with Crippen molar-refractivity contribution in [1.29, 1.82) is 0 Å². The van der Waals surface area contributed by atoms with Crippen molar-refractivity contribution in [2.24, 2.45) is 0 Å². The number of rotatable bonds is 6. The van der Waals surface area contributed by atoms with Gasteiger partial charge >= 0.3 is 0 Å². The summed E-state index contributed by atoms with van der Waals surface area (Å²) in [6.45, 7) is 7.30. The Morgan fingerprint density at radius 2 is 1.69 bits per heavy atom. The lowest BCUT2D eigenvalue weighted by molar-refractivity contribution is -0.128. The second kappa shape index (κ2) is 10.3. The van der Waals surface area contributed by atoms with Gasteiger partial charge in [0.15, 0.2) is 11.0 Å². The van der Waals surface area contributed by atoms with Crippen LogP contribution >= 0.6 is 11.8 Å². The van der Waals surface area contributed by atoms with Crippen LogP contribution in [0.1, 0.15) is 11.1 Å². The van der Waals surface area contributed by atoms with E-state index < -0.39 is 0 Å². The smallest absolute Gasteiger partial charge is 0.233 e. The zero-order chi connectivity index (χ0) is 24.2. The van der Waals surface area contributed by atoms with E-state index in [0.717, 1.165) is 48.8 Å². The summed E-state index contributed by atoms with van der Waals surface area (Å²) in [7, 11) is 0. The minimum atomic E-state index is 0.128. The highest BCUT2D eigenvalue weighted by Crippen LogP contribution is 2.29. The second-order valence-electron chi connectivity index (χ2n) is 8.66. The zero-order valence-electron chi connectivity index (χ0n) is 20.0. The number of aryl methyl sites for hydroxylation is 2. The van der Waals surface area contributed by atoms with E-state index in [2.05, 4.69) is 70.3 Å². The summed E-state index contributed by atoms with van der Waals surface area (Å²) in [6.07, 6.45) is 3.50. The van der Waals surface area contributed by atoms with E-state index in [-0.39, 0.29) is 5.91 Å². The van der Waals surface area contributed by atoms with Gasteiger partial charge in [0.1, 0.15) is 0 Å². The first-order valence-electron chi connectivity index (χ1n) is 11.7. The molecule has 4 aromatic rings. The Morgan fingerprint density at radius 1 is 0.914 bits per heavy atom. The Kier molecular flexibility index (Phi) is 6.81. The molecule has 3 heterocycles. The Morgan fingerprint density at radius 3 is 2.43 bits per heavy atom. The maximum Gasteiger partial charge on any atom is 0.233 e. The van der Waals surface area contributed by atoms with Gasteiger partial charge < -0.3 is 9.80 Å². The quantitative estimate of drug-likeness (QED) is 0.378. The van der Waals surface area contributed by atoms with Crippen molar-refractivity contribution in [2.75, 3.05) is 36.8 Å². The Bertz CT molecular complexity index is 1310. The molecule has 0 saturated carbocycles. The largest absolute Gasteiger partial charge is 0.368 e. The lowest BCUT2D eigenvalue weighted by Gasteiger charge is -2.36. The van der Waals surface area contributed by atoms with E-state index >= 15 is 0 Å². The van der Waals surface area contributed by atoms with Crippen LogP contribution in [0.3, 0.4) is 0 Å². The SMILES string of the molecule is Cc1cccc(N2CCN(C(=O)CSc3nnc(-c4ccncc4)n3-c3ccccc3C)CC2)c1. The minimum Gasteiger partial charge on any atom is -0.368 e. The summed E-state index contributed by atoms with van der Waals surface area (Å²) >= 11 is 1.44. The molecule has 1 aliphatic rings. The number of thioether (sulfide) groups is 1. The maximum atomic E-state index is 13.1. The van der Waals surface area contributed by atoms with E-state index in [0.29, 0.717) is 10.9 Å². The van der Waals surface area contributed by atoms with Gasteiger partial charge in [-0.15, -0.1) is 10.2 Å². The third kappa shape index (κ3) is 5.07. The molecule has 35 heavy (non-hydrogen) atoms. The number of hydrogen-bond donors (Lipinski definition) is 0. The molecule has 2 aromatic carbocycles. The molecule has 0 radical (unpaired) electrons. The summed E-state index contributed by atoms with van der Waals surface area (Å²) in [6, 6.07) is 20.5. The number of aromatic nitrogens is 4. The zero-order valence-corrected chi connectivity index (χ0v) is 20.8. The molecule has 2 aromatic heterocycles. The van der Waals surface area contributed by atoms with Crippen LogP contribution in [0.5, 0.6) is 0 Å². The van der Waals surface area contributed by atoms with Crippen LogP contribution in [-0.4, -0.2) is 62.5 Å². The van der Waals surface area contributed by atoms with E-state index in [1.165, 1.54) is 23.0 Å². The van der Waals surface area contributed by atoms with Crippen LogP contribution in [-0.2, 0) is 4.79 Å². The number of hydrogen-bond acceptors (Lipinski definition) is 6. The fourth-order valence-corrected chi connectivity index (χ4v) is 5.19. The normalized spacial score (nSPS) is 13.8. The third-order valence-electron chi connectivity index (χ3n) is 6.25. The number of carbonyl (C=O) groups excluding carboxylic acids is 1. The molecule has 0 spiro atoms. The van der Waals surface area contributed by atoms with Crippen LogP contribution < -0.4 is 4.90 Å². The summed E-state index contributed by atoms with van der Waals surface area (Å²) < 4.78 is 2.04. The number of benzene rings is 2. The van der Waals surface area contributed by atoms with Gasteiger partial charge in [0.2, 0.25) is 5.91 Å². The van der Waals surface area contributed by atoms with E-state index in [1.807, 2.05) is 33.7 Å². The van der Waals surface area contributed by atoms with Crippen molar-refractivity contribution in [3.63, 3.8) is 0 Å². The van der Waals surface area contributed by atoms with Crippen LogP contribution in [0.2, 0.25) is 0 Å². The molecule has 1 fully saturated rings. The molecule has 1 saturated heterocycles. The predicted molar refractivity (Wildman–Crippen MR) is 140 cm³/mol. The predicted octanol–water partition coefficient (Wildman–Crippen LogP) is 4.39. The lowest BCUT2D eigenvalue weighted by atomic mass is 10.2. The van der Waals surface area contributed by atoms with Crippen LogP contribution in [0.15, 0.2) is 78.2 Å². The second-order valence-corrected chi connectivity index (χ2v) is 9.60. The molecular formula is C27H28N6OS. The van der Waals surface area contributed by atoms with Gasteiger partial charge in [-0.1, -0.05) is 42.1 Å². The molecule has 0 N–H and O–H groups in total. The van der Waals surface area contributed by atoms with Gasteiger partial charge in [-0.05, 0) is 55.3 Å². The Balaban J connectivity index is 1.30. The van der Waals surface area contributed by atoms with Gasteiger partial charge in [-0.3, -0.25) is 14.3 Å². The van der Waals surface area contributed by atoms with Crippen LogP contribution in [0.4, 0.5) is 5.69 Å². The highest BCUT2D eigenvalue weighted by molar-refractivity contribution is 7.99. The molecule has 1 amide bonds. The fraction of sp³-hybridized carbons (Fsp3) is 0.259. The number of pyridine rings is 1. The van der Waals surface area contributed by atoms with Crippen molar-refractivity contribution >= 4 is 23.4 Å². The van der Waals surface area contributed by atoms with Gasteiger partial charge in [0.25, 0.3) is 0 Å². The molecule has 178 valence electrons. The monoisotopic (exact) mass is 484 g/mol. The Hall–Kier alpha value is -3.65. The van der Waals surface area contributed by atoms with Gasteiger partial charge in [-0.2, -0.15) is 0 Å². The number of carbonyl (C=O) groups is 1. The van der Waals surface area contributed by atoms with E-state index in [1.54, 1.807) is 12.4 Å². The number of para-hydroxylation sites is 1. The first-order chi connectivity index (χ1) is 17.1. The third-order valence-corrected chi connectivity index (χ3v) is 7.17. The van der Waals surface area contributed by atoms with Crippen LogP contribution in [0.25, 0.3) is 17.1 Å². The van der Waals surface area contributed by atoms with Gasteiger partial charge in [0, 0.05) is 49.8 Å². The highest BCUT2D eigenvalue weighted by Gasteiger charge is 2.23. The number of anilines is 1. The van der Waals surface area contributed by atoms with E-state index in [9.17, 15) is 4.79 Å². The van der Waals surface area contributed by atoms with Gasteiger partial charge in [0.05, 0.1) is 11.4 Å². The number of amides is 1. The summed E-state index contributed by atoms with van der Waals surface area (Å²) in [5.74, 6) is 1.19. The molecule has 5 rings (SSSR count). The summed E-state index contributed by atoms with van der Waals surface area (Å²) in [5.41, 5.74) is 5.53. The molecular weight excluding hydrogens is 456 g/mol. The van der Waals surface area contributed by atoms with Crippen molar-refractivity contribution in [3.8, 4) is 17.1 Å². The Labute approximate surface area is 209 Å². The highest BCUT2D eigenvalue weighted by atomic mass is 32.2. The topological polar surface area (TPSA) is 67.2 Å². The van der Waals surface area contributed by atoms with Crippen LogP contribution in [0, 0.1) is 13.8 Å². The van der Waals surface area contributed by atoms with Crippen molar-refractivity contribution in [3.05, 3.63) is 84.2 Å². The molecule has 0 aliphatic carbocycles. The van der Waals surface area contributed by atoms with Crippen molar-refractivity contribution < 1.29 is 4.79 Å². The molecule has 0 unspecified atom stereocenters. The summed E-state index contributed by atoms with van der Waals surface area (Å²) in [5, 5.41) is 9.65. The lowest BCUT2D eigenvalue weighted by Crippen LogP contribution is -2.49. The van der Waals surface area contributed by atoms with E-state index in [4.69, 9.17) is 0 Å². The molecule has 8 heteroatoms. The summed E-state index contributed by atoms with van der Waals surface area (Å²) in [4.78, 5) is 21.5. The number of piperazine rings is 1. The molecule has 1 aliphatic heterocycles. The first kappa shape index (κ1) is 23.1. The van der Waals surface area contributed by atoms with Crippen molar-refractivity contribution in [1.82, 2.24) is 24.6 Å². The van der Waals surface area contributed by atoms with Crippen molar-refractivity contribution in [2.45, 2.75) is 19.0 Å². The maximum absolute atomic E-state index is 13.1.